The molecule has 0 aliphatic carbocycles. The number of nitriles is 1. The van der Waals surface area contributed by atoms with Gasteiger partial charge in [0.15, 0.2) is 22.3 Å². The number of thioether (sulfide) groups is 1. The summed E-state index contributed by atoms with van der Waals surface area (Å²) in [7, 11) is 0. The molecule has 2 aromatic heterocycles. The molecule has 1 aliphatic heterocycles. The maximum atomic E-state index is 12.0. The molecule has 0 fully saturated rings. The van der Waals surface area contributed by atoms with Crippen molar-refractivity contribution in [3.05, 3.63) is 44.4 Å². The molecular weight excluding hydrogens is 398 g/mol. The SMILES string of the molecule is N#Cc1cnn2c(=O)[nH]c(SCc3cc4c(cc3Br)OCO4)nc12. The lowest BCUT2D eigenvalue weighted by Crippen LogP contribution is -2.19. The molecule has 3 aromatic rings. The fourth-order valence-corrected chi connectivity index (χ4v) is 3.72. The van der Waals surface area contributed by atoms with Crippen molar-refractivity contribution in [3.8, 4) is 17.6 Å². The predicted octanol–water partition coefficient (Wildman–Crippen LogP) is 2.07. The topological polar surface area (TPSA) is 105 Å². The molecule has 120 valence electrons. The second-order valence-corrected chi connectivity index (χ2v) is 6.66. The number of hydrogen-bond acceptors (Lipinski definition) is 7. The van der Waals surface area contributed by atoms with Gasteiger partial charge in [0, 0.05) is 10.2 Å². The summed E-state index contributed by atoms with van der Waals surface area (Å²) in [5.41, 5.74) is 1.04. The van der Waals surface area contributed by atoms with E-state index in [-0.39, 0.29) is 18.0 Å². The highest BCUT2D eigenvalue weighted by atomic mass is 79.9. The van der Waals surface area contributed by atoms with Gasteiger partial charge < -0.3 is 9.47 Å². The number of nitrogens with zero attached hydrogens (tertiary/aromatic N) is 4. The molecule has 0 unspecified atom stereocenters. The largest absolute Gasteiger partial charge is 0.454 e. The zero-order valence-corrected chi connectivity index (χ0v) is 14.3. The van der Waals surface area contributed by atoms with Crippen LogP contribution < -0.4 is 15.2 Å². The minimum atomic E-state index is -0.436. The molecule has 0 atom stereocenters. The van der Waals surface area contributed by atoms with E-state index in [4.69, 9.17) is 14.7 Å². The average molecular weight is 406 g/mol. The molecule has 0 bridgehead atoms. The number of rotatable bonds is 3. The zero-order valence-electron chi connectivity index (χ0n) is 11.9. The van der Waals surface area contributed by atoms with Gasteiger partial charge in [-0.25, -0.2) is 9.78 Å². The van der Waals surface area contributed by atoms with Crippen LogP contribution >= 0.6 is 27.7 Å². The van der Waals surface area contributed by atoms with Gasteiger partial charge in [0.25, 0.3) is 0 Å². The van der Waals surface area contributed by atoms with Gasteiger partial charge in [0.2, 0.25) is 6.79 Å². The van der Waals surface area contributed by atoms with Gasteiger partial charge in [-0.15, -0.1) is 0 Å². The minimum Gasteiger partial charge on any atom is -0.454 e. The number of aromatic amines is 1. The van der Waals surface area contributed by atoms with E-state index in [2.05, 4.69) is 31.0 Å². The van der Waals surface area contributed by atoms with E-state index in [9.17, 15) is 4.79 Å². The van der Waals surface area contributed by atoms with E-state index < -0.39 is 5.69 Å². The maximum absolute atomic E-state index is 12.0. The Kier molecular flexibility index (Phi) is 3.66. The first kappa shape index (κ1) is 15.0. The Morgan fingerprint density at radius 2 is 2.21 bits per heavy atom. The molecule has 3 heterocycles. The summed E-state index contributed by atoms with van der Waals surface area (Å²) in [5, 5.41) is 13.3. The summed E-state index contributed by atoms with van der Waals surface area (Å²) in [6.45, 7) is 0.210. The highest BCUT2D eigenvalue weighted by molar-refractivity contribution is 9.10. The number of fused-ring (bicyclic) bond motifs is 2. The number of aromatic nitrogens is 4. The standard InChI is InChI=1S/C14H8BrN5O3S/c15-9-2-11-10(22-6-23-11)1-7(9)5-24-13-18-12-8(3-16)4-17-20(12)14(21)19-13/h1-2,4H,5-6H2,(H,18,19,21). The lowest BCUT2D eigenvalue weighted by Gasteiger charge is -2.06. The van der Waals surface area contributed by atoms with Gasteiger partial charge in [0.1, 0.15) is 11.6 Å². The Morgan fingerprint density at radius 3 is 3.00 bits per heavy atom. The molecular formula is C14H8BrN5O3S. The van der Waals surface area contributed by atoms with Crippen molar-refractivity contribution in [2.24, 2.45) is 0 Å². The first-order valence-corrected chi connectivity index (χ1v) is 8.52. The van der Waals surface area contributed by atoms with Crippen LogP contribution in [0, 0.1) is 11.3 Å². The second kappa shape index (κ2) is 5.85. The lowest BCUT2D eigenvalue weighted by atomic mass is 10.2. The van der Waals surface area contributed by atoms with Crippen LogP contribution in [0.2, 0.25) is 0 Å². The van der Waals surface area contributed by atoms with Gasteiger partial charge in [-0.2, -0.15) is 14.9 Å². The van der Waals surface area contributed by atoms with Crippen LogP contribution in [0.25, 0.3) is 5.65 Å². The van der Waals surface area contributed by atoms with Crippen molar-refractivity contribution < 1.29 is 9.47 Å². The summed E-state index contributed by atoms with van der Waals surface area (Å²) >= 11 is 4.84. The molecule has 4 rings (SSSR count). The van der Waals surface area contributed by atoms with Crippen molar-refractivity contribution in [2.45, 2.75) is 10.9 Å². The Labute approximate surface area is 147 Å². The fourth-order valence-electron chi connectivity index (χ4n) is 2.23. The number of ether oxygens (including phenoxy) is 2. The van der Waals surface area contributed by atoms with Gasteiger partial charge in [-0.3, -0.25) is 4.98 Å². The third-order valence-electron chi connectivity index (χ3n) is 3.38. The number of H-pyrrole nitrogens is 1. The van der Waals surface area contributed by atoms with Crippen LogP contribution in [-0.2, 0) is 5.75 Å². The average Bonchev–Trinajstić information content (AvgIpc) is 3.18. The molecule has 24 heavy (non-hydrogen) atoms. The molecule has 0 saturated heterocycles. The minimum absolute atomic E-state index is 0.210. The number of hydrogen-bond donors (Lipinski definition) is 1. The Balaban J connectivity index is 1.64. The molecule has 8 nitrogen and oxygen atoms in total. The van der Waals surface area contributed by atoms with Crippen LogP contribution in [-0.4, -0.2) is 26.4 Å². The smallest absolute Gasteiger partial charge is 0.350 e. The third-order valence-corrected chi connectivity index (χ3v) is 5.04. The van der Waals surface area contributed by atoms with E-state index in [1.165, 1.54) is 18.0 Å². The van der Waals surface area contributed by atoms with E-state index in [0.29, 0.717) is 22.4 Å². The number of halogens is 1. The first-order valence-electron chi connectivity index (χ1n) is 6.74. The zero-order chi connectivity index (χ0) is 16.7. The maximum Gasteiger partial charge on any atom is 0.350 e. The van der Waals surface area contributed by atoms with Crippen LogP contribution in [0.4, 0.5) is 0 Å². The molecule has 1 aromatic carbocycles. The molecule has 1 N–H and O–H groups in total. The molecule has 0 saturated carbocycles. The van der Waals surface area contributed by atoms with E-state index in [1.54, 1.807) is 0 Å². The lowest BCUT2D eigenvalue weighted by molar-refractivity contribution is 0.174. The Morgan fingerprint density at radius 1 is 1.42 bits per heavy atom. The van der Waals surface area contributed by atoms with Crippen LogP contribution in [0.1, 0.15) is 11.1 Å². The monoisotopic (exact) mass is 405 g/mol. The number of benzene rings is 1. The van der Waals surface area contributed by atoms with E-state index in [0.717, 1.165) is 14.6 Å². The van der Waals surface area contributed by atoms with E-state index in [1.807, 2.05) is 18.2 Å². The first-order chi connectivity index (χ1) is 11.7. The summed E-state index contributed by atoms with van der Waals surface area (Å²) < 4.78 is 12.6. The molecule has 0 spiro atoms. The highest BCUT2D eigenvalue weighted by Crippen LogP contribution is 2.38. The highest BCUT2D eigenvalue weighted by Gasteiger charge is 2.17. The second-order valence-electron chi connectivity index (χ2n) is 4.84. The summed E-state index contributed by atoms with van der Waals surface area (Å²) in [6, 6.07) is 5.70. The number of nitrogens with one attached hydrogen (secondary N) is 1. The van der Waals surface area contributed by atoms with Crippen molar-refractivity contribution in [1.82, 2.24) is 19.6 Å². The summed E-state index contributed by atoms with van der Waals surface area (Å²) in [4.78, 5) is 18.9. The van der Waals surface area contributed by atoms with Crippen molar-refractivity contribution in [1.29, 1.82) is 5.26 Å². The van der Waals surface area contributed by atoms with Gasteiger partial charge in [0.05, 0.1) is 6.20 Å². The van der Waals surface area contributed by atoms with Gasteiger partial charge >= 0.3 is 5.69 Å². The van der Waals surface area contributed by atoms with Crippen LogP contribution in [0.5, 0.6) is 11.5 Å². The normalized spacial score (nSPS) is 12.5. The predicted molar refractivity (Wildman–Crippen MR) is 88.1 cm³/mol. The van der Waals surface area contributed by atoms with Crippen LogP contribution in [0.15, 0.2) is 32.8 Å². The third kappa shape index (κ3) is 2.51. The van der Waals surface area contributed by atoms with Crippen molar-refractivity contribution >= 4 is 33.3 Å². The van der Waals surface area contributed by atoms with Crippen molar-refractivity contribution in [2.75, 3.05) is 6.79 Å². The van der Waals surface area contributed by atoms with Gasteiger partial charge in [-0.1, -0.05) is 27.7 Å². The molecule has 0 radical (unpaired) electrons. The van der Waals surface area contributed by atoms with Crippen LogP contribution in [0.3, 0.4) is 0 Å². The Bertz CT molecular complexity index is 1050. The molecule has 1 aliphatic rings. The quantitative estimate of drug-likeness (QED) is 0.664. The summed E-state index contributed by atoms with van der Waals surface area (Å²) in [5.74, 6) is 1.93. The molecule has 10 heteroatoms. The van der Waals surface area contributed by atoms with Crippen molar-refractivity contribution in [3.63, 3.8) is 0 Å². The summed E-state index contributed by atoms with van der Waals surface area (Å²) in [6.07, 6.45) is 1.32. The van der Waals surface area contributed by atoms with E-state index >= 15 is 0 Å². The Hall–Kier alpha value is -2.51. The van der Waals surface area contributed by atoms with Gasteiger partial charge in [-0.05, 0) is 17.7 Å². The fraction of sp³-hybridized carbons (Fsp3) is 0.143. The molecule has 0 amide bonds.